The topological polar surface area (TPSA) is 104 Å². The molecule has 1 atom stereocenters. The van der Waals surface area contributed by atoms with Crippen LogP contribution in [0, 0.1) is 6.92 Å². The Morgan fingerprint density at radius 3 is 1.97 bits per heavy atom. The van der Waals surface area contributed by atoms with Gasteiger partial charge in [0.25, 0.3) is 17.7 Å². The van der Waals surface area contributed by atoms with Gasteiger partial charge in [0.15, 0.2) is 0 Å². The molecule has 3 heterocycles. The van der Waals surface area contributed by atoms with Crippen LogP contribution in [0.1, 0.15) is 24.9 Å². The monoisotopic (exact) mass is 517 g/mol. The van der Waals surface area contributed by atoms with E-state index in [4.69, 9.17) is 0 Å². The van der Waals surface area contributed by atoms with E-state index in [-0.39, 0.29) is 37.0 Å². The lowest BCUT2D eigenvalue weighted by atomic mass is 10.2. The van der Waals surface area contributed by atoms with Gasteiger partial charge in [-0.2, -0.15) is 0 Å². The zero-order chi connectivity index (χ0) is 24.3. The normalized spacial score (nSPS) is 15.1. The molecule has 2 aromatic heterocycles. The third-order valence-corrected chi connectivity index (χ3v) is 9.10. The van der Waals surface area contributed by atoms with Gasteiger partial charge < -0.3 is 15.1 Å². The first-order valence-corrected chi connectivity index (χ1v) is 13.8. The lowest BCUT2D eigenvalue weighted by molar-refractivity contribution is -0.132. The van der Waals surface area contributed by atoms with Gasteiger partial charge in [0.1, 0.15) is 0 Å². The fourth-order valence-corrected chi connectivity index (χ4v) is 6.37. The van der Waals surface area contributed by atoms with Crippen molar-refractivity contribution in [1.82, 2.24) is 15.1 Å². The molecule has 3 amide bonds. The van der Waals surface area contributed by atoms with E-state index in [9.17, 15) is 22.8 Å². The molecular weight excluding hydrogens is 494 g/mol. The summed E-state index contributed by atoms with van der Waals surface area (Å²) in [6.45, 7) is 2.72. The molecule has 0 saturated carbocycles. The highest BCUT2D eigenvalue weighted by Crippen LogP contribution is 2.20. The molecule has 1 N–H and O–H groups in total. The molecule has 178 valence electrons. The molecule has 1 aliphatic rings. The Labute approximate surface area is 205 Å². The van der Waals surface area contributed by atoms with Crippen LogP contribution in [0.2, 0.25) is 0 Å². The Morgan fingerprint density at radius 1 is 0.853 bits per heavy atom. The first-order chi connectivity index (χ1) is 16.3. The number of benzene rings is 1. The number of sulfone groups is 1. The first kappa shape index (κ1) is 24.1. The first-order valence-electron chi connectivity index (χ1n) is 10.5. The van der Waals surface area contributed by atoms with E-state index >= 15 is 0 Å². The largest absolute Gasteiger partial charge is 0.336 e. The number of thiophene rings is 2. The molecule has 1 fully saturated rings. The Morgan fingerprint density at radius 2 is 1.41 bits per heavy atom. The van der Waals surface area contributed by atoms with Crippen LogP contribution in [-0.2, 0) is 14.6 Å². The van der Waals surface area contributed by atoms with E-state index in [0.29, 0.717) is 9.75 Å². The second kappa shape index (κ2) is 10.1. The van der Waals surface area contributed by atoms with Crippen LogP contribution in [0.15, 0.2) is 64.2 Å². The van der Waals surface area contributed by atoms with Crippen molar-refractivity contribution in [2.24, 2.45) is 0 Å². The van der Waals surface area contributed by atoms with E-state index in [0.717, 1.165) is 16.9 Å². The third-order valence-electron chi connectivity index (χ3n) is 5.50. The van der Waals surface area contributed by atoms with Gasteiger partial charge in [-0.3, -0.25) is 14.4 Å². The molecule has 3 aromatic rings. The van der Waals surface area contributed by atoms with Crippen LogP contribution in [0.4, 0.5) is 0 Å². The summed E-state index contributed by atoms with van der Waals surface area (Å²) in [7, 11) is -4.22. The van der Waals surface area contributed by atoms with E-state index < -0.39 is 27.0 Å². The van der Waals surface area contributed by atoms with Crippen molar-refractivity contribution < 1.29 is 22.8 Å². The van der Waals surface area contributed by atoms with Gasteiger partial charge in [-0.15, -0.1) is 22.7 Å². The van der Waals surface area contributed by atoms with E-state index in [1.165, 1.54) is 28.4 Å². The summed E-state index contributed by atoms with van der Waals surface area (Å²) < 4.78 is 26.9. The highest BCUT2D eigenvalue weighted by molar-refractivity contribution is 7.92. The molecular formula is C23H23N3O5S3. The summed E-state index contributed by atoms with van der Waals surface area (Å²) in [6.07, 6.45) is 0. The van der Waals surface area contributed by atoms with Crippen LogP contribution < -0.4 is 5.32 Å². The predicted molar refractivity (Wildman–Crippen MR) is 131 cm³/mol. The van der Waals surface area contributed by atoms with Crippen LogP contribution in [-0.4, -0.2) is 67.5 Å². The van der Waals surface area contributed by atoms with E-state index in [1.54, 1.807) is 46.7 Å². The second-order valence-electron chi connectivity index (χ2n) is 7.78. The average molecular weight is 518 g/mol. The standard InChI is InChI=1S/C23H23N3O5S3/c1-16-6-8-17(9-7-16)34(30,31)21(24-20(27)18-4-2-14-32-18)23(29)26-12-10-25(11-13-26)22(28)19-5-3-15-33-19/h2-9,14-15,21H,10-13H2,1H3,(H,24,27)/t21-/m0/s1. The Balaban J connectivity index is 1.55. The molecule has 1 aliphatic heterocycles. The maximum atomic E-state index is 13.4. The number of piperazine rings is 1. The van der Waals surface area contributed by atoms with Gasteiger partial charge >= 0.3 is 0 Å². The van der Waals surface area contributed by atoms with Gasteiger partial charge in [-0.1, -0.05) is 29.8 Å². The Hall–Kier alpha value is -3.02. The number of carbonyl (C=O) groups excluding carboxylic acids is 3. The SMILES string of the molecule is Cc1ccc(S(=O)(=O)[C@H](NC(=O)c2cccs2)C(=O)N2CCN(C(=O)c3cccs3)CC2)cc1. The van der Waals surface area contributed by atoms with Crippen molar-refractivity contribution in [1.29, 1.82) is 0 Å². The molecule has 4 rings (SSSR count). The number of rotatable bonds is 6. The van der Waals surface area contributed by atoms with Crippen molar-refractivity contribution in [2.75, 3.05) is 26.2 Å². The van der Waals surface area contributed by atoms with Gasteiger partial charge in [0.2, 0.25) is 15.2 Å². The lowest BCUT2D eigenvalue weighted by Gasteiger charge is -2.36. The van der Waals surface area contributed by atoms with Crippen LogP contribution >= 0.6 is 22.7 Å². The van der Waals surface area contributed by atoms with Gasteiger partial charge in [-0.05, 0) is 41.9 Å². The average Bonchev–Trinajstić information content (AvgIpc) is 3.57. The van der Waals surface area contributed by atoms with Crippen molar-refractivity contribution in [3.8, 4) is 0 Å². The summed E-state index contributed by atoms with van der Waals surface area (Å²) in [5.41, 5.74) is 0.871. The minimum absolute atomic E-state index is 0.0468. The Bertz CT molecular complexity index is 1260. The number of hydrogen-bond donors (Lipinski definition) is 1. The van der Waals surface area contributed by atoms with E-state index in [2.05, 4.69) is 5.32 Å². The van der Waals surface area contributed by atoms with Gasteiger partial charge in [0, 0.05) is 26.2 Å². The molecule has 8 nitrogen and oxygen atoms in total. The van der Waals surface area contributed by atoms with Crippen LogP contribution in [0.3, 0.4) is 0 Å². The number of nitrogens with one attached hydrogen (secondary N) is 1. The number of nitrogens with zero attached hydrogens (tertiary/aromatic N) is 2. The molecule has 1 saturated heterocycles. The minimum Gasteiger partial charge on any atom is -0.336 e. The number of amides is 3. The van der Waals surface area contributed by atoms with Gasteiger partial charge in [-0.25, -0.2) is 8.42 Å². The predicted octanol–water partition coefficient (Wildman–Crippen LogP) is 2.63. The van der Waals surface area contributed by atoms with Crippen LogP contribution in [0.25, 0.3) is 0 Å². The fourth-order valence-electron chi connectivity index (χ4n) is 3.59. The number of aryl methyl sites for hydroxylation is 1. The summed E-state index contributed by atoms with van der Waals surface area (Å²) in [6, 6.07) is 12.9. The molecule has 0 unspecified atom stereocenters. The minimum atomic E-state index is -4.22. The fraction of sp³-hybridized carbons (Fsp3) is 0.261. The summed E-state index contributed by atoms with van der Waals surface area (Å²) in [5, 5.41) is 4.19. The third kappa shape index (κ3) is 5.06. The van der Waals surface area contributed by atoms with Gasteiger partial charge in [0.05, 0.1) is 14.6 Å². The van der Waals surface area contributed by atoms with Crippen molar-refractivity contribution >= 4 is 50.2 Å². The molecule has 11 heteroatoms. The zero-order valence-corrected chi connectivity index (χ0v) is 20.8. The summed E-state index contributed by atoms with van der Waals surface area (Å²) in [5.74, 6) is -1.46. The zero-order valence-electron chi connectivity index (χ0n) is 18.3. The molecule has 0 radical (unpaired) electrons. The van der Waals surface area contributed by atoms with Crippen LogP contribution in [0.5, 0.6) is 0 Å². The van der Waals surface area contributed by atoms with Crippen molar-refractivity contribution in [2.45, 2.75) is 17.2 Å². The maximum absolute atomic E-state index is 13.4. The maximum Gasteiger partial charge on any atom is 0.264 e. The highest BCUT2D eigenvalue weighted by atomic mass is 32.2. The van der Waals surface area contributed by atoms with Crippen molar-refractivity contribution in [3.05, 3.63) is 74.6 Å². The number of hydrogen-bond acceptors (Lipinski definition) is 7. The molecule has 1 aromatic carbocycles. The second-order valence-corrected chi connectivity index (χ2v) is 11.7. The number of carbonyl (C=O) groups is 3. The summed E-state index contributed by atoms with van der Waals surface area (Å²) >= 11 is 2.50. The smallest absolute Gasteiger partial charge is 0.264 e. The highest BCUT2D eigenvalue weighted by Gasteiger charge is 2.39. The lowest BCUT2D eigenvalue weighted by Crippen LogP contribution is -2.57. The molecule has 0 bridgehead atoms. The quantitative estimate of drug-likeness (QED) is 0.541. The molecule has 34 heavy (non-hydrogen) atoms. The Kier molecular flexibility index (Phi) is 7.15. The molecule has 0 spiro atoms. The summed E-state index contributed by atoms with van der Waals surface area (Å²) in [4.78, 5) is 42.7. The van der Waals surface area contributed by atoms with E-state index in [1.807, 2.05) is 12.3 Å². The van der Waals surface area contributed by atoms with Crippen molar-refractivity contribution in [3.63, 3.8) is 0 Å². The molecule has 0 aliphatic carbocycles.